The van der Waals surface area contributed by atoms with Gasteiger partial charge in [0.25, 0.3) is 0 Å². The minimum atomic E-state index is 0.421. The molecule has 0 unspecified atom stereocenters. The second-order valence-corrected chi connectivity index (χ2v) is 30.0. The lowest BCUT2D eigenvalue weighted by atomic mass is 10.0. The third-order valence-electron chi connectivity index (χ3n) is 21.8. The molecular formula is C104H65N25. The van der Waals surface area contributed by atoms with Crippen LogP contribution in [0.2, 0.25) is 0 Å². The summed E-state index contributed by atoms with van der Waals surface area (Å²) in [5.41, 5.74) is 23.7. The topological polar surface area (TPSA) is 297 Å². The minimum absolute atomic E-state index is 0.421. The van der Waals surface area contributed by atoms with Crippen molar-refractivity contribution in [1.29, 1.82) is 0 Å². The van der Waals surface area contributed by atoms with E-state index in [1.165, 1.54) is 0 Å². The SMILES string of the molecule is c1ccc(-c2ccc(-c3nc(-c4ccc(-c5ccccn5)cn4)nc(-c4cc5ccc6ccccc6n5n4)n3)nc2)nc1.c1ccc2c(c1)ccc1cc(-c3nc(-c4ccc(-c5ccncc5)cc4)nc(-c4ccc(-c5ccncc5)cc4)n3)nn12.c1cncc(-c2ccc(-c3nc(-c4ccc(-c5cccnc5)nc4)nc(-c4cc5ccc6ccccc6n5n4)n3)cn2)c1. The first-order valence-corrected chi connectivity index (χ1v) is 41.3. The summed E-state index contributed by atoms with van der Waals surface area (Å²) in [6.07, 6.45) is 24.9. The van der Waals surface area contributed by atoms with Gasteiger partial charge in [-0.25, -0.2) is 58.4 Å². The van der Waals surface area contributed by atoms with Crippen LogP contribution in [0.5, 0.6) is 0 Å². The molecule has 24 rings (SSSR count). The molecule has 0 N–H and O–H groups in total. The Kier molecular flexibility index (Phi) is 20.2. The van der Waals surface area contributed by atoms with E-state index >= 15 is 0 Å². The van der Waals surface area contributed by atoms with E-state index < -0.39 is 0 Å². The van der Waals surface area contributed by atoms with Gasteiger partial charge in [0.15, 0.2) is 52.4 Å². The number of nitrogens with zero attached hydrogens (tertiary/aromatic N) is 25. The van der Waals surface area contributed by atoms with Crippen LogP contribution in [0.15, 0.2) is 396 Å². The number of para-hydroxylation sites is 3. The molecule has 0 saturated heterocycles. The summed E-state index contributed by atoms with van der Waals surface area (Å²) in [6.45, 7) is 0. The van der Waals surface area contributed by atoms with E-state index in [1.54, 1.807) is 86.8 Å². The molecule has 0 bridgehead atoms. The summed E-state index contributed by atoms with van der Waals surface area (Å²) in [7, 11) is 0. The Labute approximate surface area is 735 Å². The summed E-state index contributed by atoms with van der Waals surface area (Å²) >= 11 is 0. The lowest BCUT2D eigenvalue weighted by Crippen LogP contribution is -2.02. The van der Waals surface area contributed by atoms with Crippen LogP contribution in [0.4, 0.5) is 0 Å². The van der Waals surface area contributed by atoms with Crippen LogP contribution in [0.1, 0.15) is 0 Å². The molecule has 0 aliphatic heterocycles. The molecule has 19 aromatic heterocycles. The van der Waals surface area contributed by atoms with Gasteiger partial charge < -0.3 is 0 Å². The smallest absolute Gasteiger partial charge is 0.184 e. The van der Waals surface area contributed by atoms with Crippen LogP contribution < -0.4 is 0 Å². The van der Waals surface area contributed by atoms with Crippen molar-refractivity contribution < 1.29 is 0 Å². The van der Waals surface area contributed by atoms with Gasteiger partial charge >= 0.3 is 0 Å². The molecular weight excluding hydrogens is 1600 g/mol. The fourth-order valence-corrected chi connectivity index (χ4v) is 15.2. The number of aromatic nitrogens is 25. The molecule has 25 heteroatoms. The van der Waals surface area contributed by atoms with Crippen molar-refractivity contribution in [1.82, 2.24) is 124 Å². The highest BCUT2D eigenvalue weighted by molar-refractivity contribution is 5.87. The highest BCUT2D eigenvalue weighted by Gasteiger charge is 2.22. The third-order valence-corrected chi connectivity index (χ3v) is 21.8. The van der Waals surface area contributed by atoms with Gasteiger partial charge in [-0.05, 0) is 198 Å². The van der Waals surface area contributed by atoms with Crippen molar-refractivity contribution in [2.45, 2.75) is 0 Å². The van der Waals surface area contributed by atoms with Crippen molar-refractivity contribution >= 4 is 49.3 Å². The highest BCUT2D eigenvalue weighted by Crippen LogP contribution is 2.35. The summed E-state index contributed by atoms with van der Waals surface area (Å²) in [4.78, 5) is 88.0. The quantitative estimate of drug-likeness (QED) is 0.0921. The minimum Gasteiger partial charge on any atom is -0.265 e. The molecule has 5 aromatic carbocycles. The maximum atomic E-state index is 4.94. The molecule has 25 nitrogen and oxygen atoms in total. The van der Waals surface area contributed by atoms with Gasteiger partial charge in [-0.1, -0.05) is 133 Å². The Morgan fingerprint density at radius 2 is 0.442 bits per heavy atom. The molecule has 0 atom stereocenters. The van der Waals surface area contributed by atoms with Crippen molar-refractivity contribution in [3.63, 3.8) is 0 Å². The molecule has 0 spiro atoms. The molecule has 0 fully saturated rings. The Bertz CT molecular complexity index is 7100. The van der Waals surface area contributed by atoms with Crippen molar-refractivity contribution in [3.05, 3.63) is 396 Å². The van der Waals surface area contributed by atoms with Crippen molar-refractivity contribution in [2.24, 2.45) is 0 Å². The predicted molar refractivity (Wildman–Crippen MR) is 498 cm³/mol. The lowest BCUT2D eigenvalue weighted by molar-refractivity contribution is 0.980. The van der Waals surface area contributed by atoms with Gasteiger partial charge in [-0.3, -0.25) is 49.8 Å². The van der Waals surface area contributed by atoms with Crippen LogP contribution in [-0.4, -0.2) is 124 Å². The van der Waals surface area contributed by atoms with Crippen LogP contribution >= 0.6 is 0 Å². The van der Waals surface area contributed by atoms with E-state index in [9.17, 15) is 0 Å². The lowest BCUT2D eigenvalue weighted by Gasteiger charge is -2.09. The van der Waals surface area contributed by atoms with E-state index in [4.69, 9.17) is 60.2 Å². The highest BCUT2D eigenvalue weighted by atomic mass is 15.3. The largest absolute Gasteiger partial charge is 0.265 e. The van der Waals surface area contributed by atoms with Crippen LogP contribution in [-0.2, 0) is 0 Å². The predicted octanol–water partition coefficient (Wildman–Crippen LogP) is 21.0. The molecule has 606 valence electrons. The van der Waals surface area contributed by atoms with Crippen LogP contribution in [0.25, 0.3) is 220 Å². The van der Waals surface area contributed by atoms with Gasteiger partial charge in [-0.2, -0.15) is 15.3 Å². The van der Waals surface area contributed by atoms with E-state index in [2.05, 4.69) is 123 Å². The first-order chi connectivity index (χ1) is 63.8. The average Bonchev–Trinajstić information content (AvgIpc) is 1.68. The average molecular weight is 1660 g/mol. The van der Waals surface area contributed by atoms with E-state index in [1.807, 2.05) is 250 Å². The summed E-state index contributed by atoms with van der Waals surface area (Å²) < 4.78 is 5.77. The number of rotatable bonds is 15. The molecule has 19 heterocycles. The van der Waals surface area contributed by atoms with Crippen molar-refractivity contribution in [3.8, 4) is 170 Å². The van der Waals surface area contributed by atoms with Crippen molar-refractivity contribution in [2.75, 3.05) is 0 Å². The van der Waals surface area contributed by atoms with E-state index in [-0.39, 0.29) is 0 Å². The number of hydrogen-bond acceptors (Lipinski definition) is 22. The van der Waals surface area contributed by atoms with Gasteiger partial charge in [0, 0.05) is 147 Å². The third kappa shape index (κ3) is 16.0. The molecule has 0 aliphatic rings. The maximum Gasteiger partial charge on any atom is 0.184 e. The Balaban J connectivity index is 0.000000114. The van der Waals surface area contributed by atoms with Gasteiger partial charge in [0.1, 0.15) is 28.5 Å². The number of hydrogen-bond donors (Lipinski definition) is 0. The molecule has 0 amide bonds. The zero-order chi connectivity index (χ0) is 85.8. The molecule has 0 aliphatic carbocycles. The normalized spacial score (nSPS) is 11.3. The number of benzene rings is 5. The molecule has 24 aromatic rings. The fraction of sp³-hybridized carbons (Fsp3) is 0. The van der Waals surface area contributed by atoms with Crippen LogP contribution in [0, 0.1) is 0 Å². The maximum absolute atomic E-state index is 4.94. The number of fused-ring (bicyclic) bond motifs is 9. The van der Waals surface area contributed by atoms with Gasteiger partial charge in [-0.15, -0.1) is 0 Å². The Hall–Kier alpha value is -18.5. The van der Waals surface area contributed by atoms with Gasteiger partial charge in [0.2, 0.25) is 0 Å². The Morgan fingerprint density at radius 3 is 0.783 bits per heavy atom. The summed E-state index contributed by atoms with van der Waals surface area (Å²) in [5, 5.41) is 18.0. The second kappa shape index (κ2) is 34.1. The first-order valence-electron chi connectivity index (χ1n) is 41.3. The second-order valence-electron chi connectivity index (χ2n) is 30.0. The molecule has 0 saturated carbocycles. The fourth-order valence-electron chi connectivity index (χ4n) is 15.2. The zero-order valence-electron chi connectivity index (χ0n) is 68.2. The van der Waals surface area contributed by atoms with E-state index in [0.717, 1.165) is 139 Å². The van der Waals surface area contributed by atoms with Gasteiger partial charge in [0.05, 0.1) is 55.9 Å². The molecule has 0 radical (unpaired) electrons. The van der Waals surface area contributed by atoms with Crippen LogP contribution in [0.3, 0.4) is 0 Å². The standard InChI is InChI=1S/C36H23N7.2C34H21N9/c1-2-4-33-28(3-1)13-14-31-23-32(42-43(31)33)36-40-34(29-9-5-24(6-10-29)26-15-19-37-20-16-26)39-35(41-36)30-11-7-25(8-12-30)27-17-21-38-22-18-27;1-2-10-31-22(7-1)11-14-25-19-30(42-43(25)31)34-40-32(28-15-12-23(20-37-28)26-8-3-5-17-35-26)39-33(41-34)29-16-13-24(21-38-29)27-9-4-6-18-36-27;1-2-8-31-22(5-1)9-12-27-17-30(42-43(27)31)34-40-32(25-10-13-28(37-20-25)23-6-3-15-35-18-23)39-33(41-34)26-11-14-29(38-21-26)24-7-4-16-36-19-24/h1-23H;2*1-21H. The Morgan fingerprint density at radius 1 is 0.155 bits per heavy atom. The first kappa shape index (κ1) is 76.6. The summed E-state index contributed by atoms with van der Waals surface area (Å²) in [6, 6.07) is 102. The van der Waals surface area contributed by atoms with E-state index in [0.29, 0.717) is 80.9 Å². The number of pyridine rings is 13. The zero-order valence-corrected chi connectivity index (χ0v) is 68.2. The monoisotopic (exact) mass is 1660 g/mol. The molecule has 129 heavy (non-hydrogen) atoms. The summed E-state index contributed by atoms with van der Waals surface area (Å²) in [5.74, 6) is 4.40.